The fourth-order valence-electron chi connectivity index (χ4n) is 3.14. The largest absolute Gasteiger partial charge is 0.325 e. The molecule has 1 nitrogen and oxygen atoms in total. The second kappa shape index (κ2) is 5.34. The van der Waals surface area contributed by atoms with Crippen LogP contribution in [0.2, 0.25) is 0 Å². The highest BCUT2D eigenvalue weighted by atomic mass is 14.8. The highest BCUT2D eigenvalue weighted by Gasteiger charge is 2.37. The third-order valence-corrected chi connectivity index (χ3v) is 4.66. The lowest BCUT2D eigenvalue weighted by molar-refractivity contribution is 0.131. The van der Waals surface area contributed by atoms with E-state index in [1.807, 2.05) is 0 Å². The predicted molar refractivity (Wildman–Crippen MR) is 67.8 cm³/mol. The van der Waals surface area contributed by atoms with Gasteiger partial charge in [-0.2, -0.15) is 0 Å². The Morgan fingerprint density at radius 3 is 2.33 bits per heavy atom. The van der Waals surface area contributed by atoms with Crippen LogP contribution >= 0.6 is 0 Å². The molecule has 0 aliphatic heterocycles. The van der Waals surface area contributed by atoms with E-state index in [1.54, 1.807) is 0 Å². The van der Waals surface area contributed by atoms with E-state index < -0.39 is 0 Å². The molecular formula is C14H29N. The van der Waals surface area contributed by atoms with Crippen molar-refractivity contribution >= 4 is 0 Å². The van der Waals surface area contributed by atoms with Crippen LogP contribution in [0.5, 0.6) is 0 Å². The summed E-state index contributed by atoms with van der Waals surface area (Å²) >= 11 is 0. The molecule has 1 rings (SSSR count). The highest BCUT2D eigenvalue weighted by molar-refractivity contribution is 4.95. The van der Waals surface area contributed by atoms with Gasteiger partial charge in [0.1, 0.15) is 0 Å². The van der Waals surface area contributed by atoms with Gasteiger partial charge in [-0.15, -0.1) is 0 Å². The van der Waals surface area contributed by atoms with E-state index in [2.05, 4.69) is 27.7 Å². The maximum absolute atomic E-state index is 6.62. The van der Waals surface area contributed by atoms with Crippen molar-refractivity contribution in [3.05, 3.63) is 0 Å². The molecule has 0 saturated heterocycles. The Kier molecular flexibility index (Phi) is 4.64. The molecule has 1 fully saturated rings. The van der Waals surface area contributed by atoms with Crippen molar-refractivity contribution in [2.24, 2.45) is 23.5 Å². The van der Waals surface area contributed by atoms with Crippen LogP contribution in [0.15, 0.2) is 0 Å². The molecule has 90 valence electrons. The SMILES string of the molecule is CCC(CC)CC1(N)CCC(C)CC1C. The summed E-state index contributed by atoms with van der Waals surface area (Å²) in [5.74, 6) is 2.44. The number of nitrogens with two attached hydrogens (primary N) is 1. The first kappa shape index (κ1) is 13.0. The van der Waals surface area contributed by atoms with Gasteiger partial charge in [0.25, 0.3) is 0 Å². The quantitative estimate of drug-likeness (QED) is 0.748. The van der Waals surface area contributed by atoms with Crippen molar-refractivity contribution in [3.63, 3.8) is 0 Å². The third kappa shape index (κ3) is 3.21. The minimum Gasteiger partial charge on any atom is -0.325 e. The van der Waals surface area contributed by atoms with Crippen molar-refractivity contribution in [1.82, 2.24) is 0 Å². The molecule has 0 aromatic carbocycles. The van der Waals surface area contributed by atoms with E-state index in [1.165, 1.54) is 38.5 Å². The zero-order valence-electron chi connectivity index (χ0n) is 11.1. The Morgan fingerprint density at radius 2 is 1.87 bits per heavy atom. The summed E-state index contributed by atoms with van der Waals surface area (Å²) in [6.07, 6.45) is 7.73. The van der Waals surface area contributed by atoms with Crippen LogP contribution < -0.4 is 5.73 Å². The van der Waals surface area contributed by atoms with Gasteiger partial charge in [-0.3, -0.25) is 0 Å². The molecule has 1 saturated carbocycles. The molecule has 0 amide bonds. The Bertz CT molecular complexity index is 186. The van der Waals surface area contributed by atoms with E-state index in [4.69, 9.17) is 5.73 Å². The predicted octanol–water partition coefficient (Wildman–Crippen LogP) is 3.97. The summed E-state index contributed by atoms with van der Waals surface area (Å²) < 4.78 is 0. The fraction of sp³-hybridized carbons (Fsp3) is 1.00. The molecule has 0 aromatic heterocycles. The average Bonchev–Trinajstić information content (AvgIpc) is 2.21. The smallest absolute Gasteiger partial charge is 0.0183 e. The summed E-state index contributed by atoms with van der Waals surface area (Å²) in [4.78, 5) is 0. The molecular weight excluding hydrogens is 182 g/mol. The Labute approximate surface area is 95.8 Å². The Balaban J connectivity index is 2.57. The standard InChI is InChI=1S/C14H29N/c1-5-13(6-2)10-14(15)8-7-11(3)9-12(14)4/h11-13H,5-10,15H2,1-4H3. The first-order valence-corrected chi connectivity index (χ1v) is 6.80. The van der Waals surface area contributed by atoms with Crippen LogP contribution in [0.1, 0.15) is 66.2 Å². The van der Waals surface area contributed by atoms with Crippen LogP contribution in [0.3, 0.4) is 0 Å². The van der Waals surface area contributed by atoms with Crippen molar-refractivity contribution < 1.29 is 0 Å². The maximum atomic E-state index is 6.62. The normalized spacial score (nSPS) is 37.2. The van der Waals surface area contributed by atoms with Crippen molar-refractivity contribution in [1.29, 1.82) is 0 Å². The topological polar surface area (TPSA) is 26.0 Å². The van der Waals surface area contributed by atoms with E-state index in [0.29, 0.717) is 5.92 Å². The number of hydrogen-bond acceptors (Lipinski definition) is 1. The van der Waals surface area contributed by atoms with Gasteiger partial charge in [0, 0.05) is 5.54 Å². The van der Waals surface area contributed by atoms with Gasteiger partial charge in [0.05, 0.1) is 0 Å². The van der Waals surface area contributed by atoms with Gasteiger partial charge in [0.15, 0.2) is 0 Å². The van der Waals surface area contributed by atoms with Gasteiger partial charge < -0.3 is 5.73 Å². The lowest BCUT2D eigenvalue weighted by Gasteiger charge is -2.43. The molecule has 15 heavy (non-hydrogen) atoms. The molecule has 3 unspecified atom stereocenters. The monoisotopic (exact) mass is 211 g/mol. The minimum absolute atomic E-state index is 0.142. The van der Waals surface area contributed by atoms with E-state index in [0.717, 1.165) is 11.8 Å². The Morgan fingerprint density at radius 1 is 1.27 bits per heavy atom. The zero-order valence-corrected chi connectivity index (χ0v) is 11.1. The molecule has 3 atom stereocenters. The van der Waals surface area contributed by atoms with Crippen LogP contribution in [-0.2, 0) is 0 Å². The van der Waals surface area contributed by atoms with Gasteiger partial charge in [-0.25, -0.2) is 0 Å². The summed E-state index contributed by atoms with van der Waals surface area (Å²) in [5, 5.41) is 0. The molecule has 1 aliphatic carbocycles. The van der Waals surface area contributed by atoms with Crippen LogP contribution in [-0.4, -0.2) is 5.54 Å². The average molecular weight is 211 g/mol. The molecule has 1 aliphatic rings. The van der Waals surface area contributed by atoms with Crippen LogP contribution in [0.25, 0.3) is 0 Å². The second-order valence-corrected chi connectivity index (χ2v) is 5.90. The molecule has 0 heterocycles. The van der Waals surface area contributed by atoms with Crippen molar-refractivity contribution in [3.8, 4) is 0 Å². The molecule has 1 heteroatoms. The van der Waals surface area contributed by atoms with Crippen LogP contribution in [0, 0.1) is 17.8 Å². The summed E-state index contributed by atoms with van der Waals surface area (Å²) in [6.45, 7) is 9.33. The summed E-state index contributed by atoms with van der Waals surface area (Å²) in [5.41, 5.74) is 6.76. The first-order chi connectivity index (χ1) is 7.01. The lowest BCUT2D eigenvalue weighted by Crippen LogP contribution is -2.50. The van der Waals surface area contributed by atoms with Gasteiger partial charge in [-0.05, 0) is 43.4 Å². The third-order valence-electron chi connectivity index (χ3n) is 4.66. The number of hydrogen-bond donors (Lipinski definition) is 1. The first-order valence-electron chi connectivity index (χ1n) is 6.80. The molecule has 0 spiro atoms. The molecule has 0 bridgehead atoms. The van der Waals surface area contributed by atoms with E-state index in [9.17, 15) is 0 Å². The maximum Gasteiger partial charge on any atom is 0.0183 e. The molecule has 0 radical (unpaired) electrons. The molecule has 0 aromatic rings. The van der Waals surface area contributed by atoms with Gasteiger partial charge in [-0.1, -0.05) is 40.5 Å². The van der Waals surface area contributed by atoms with E-state index >= 15 is 0 Å². The zero-order chi connectivity index (χ0) is 11.5. The minimum atomic E-state index is 0.142. The fourth-order valence-corrected chi connectivity index (χ4v) is 3.14. The van der Waals surface area contributed by atoms with Gasteiger partial charge >= 0.3 is 0 Å². The summed E-state index contributed by atoms with van der Waals surface area (Å²) in [7, 11) is 0. The van der Waals surface area contributed by atoms with Crippen molar-refractivity contribution in [2.45, 2.75) is 71.8 Å². The highest BCUT2D eigenvalue weighted by Crippen LogP contribution is 2.39. The number of rotatable bonds is 4. The second-order valence-electron chi connectivity index (χ2n) is 5.90. The van der Waals surface area contributed by atoms with Crippen molar-refractivity contribution in [2.75, 3.05) is 0 Å². The summed E-state index contributed by atoms with van der Waals surface area (Å²) in [6, 6.07) is 0. The Hall–Kier alpha value is -0.0400. The van der Waals surface area contributed by atoms with Crippen LogP contribution in [0.4, 0.5) is 0 Å². The lowest BCUT2D eigenvalue weighted by atomic mass is 9.66. The van der Waals surface area contributed by atoms with Gasteiger partial charge in [0.2, 0.25) is 0 Å². The van der Waals surface area contributed by atoms with E-state index in [-0.39, 0.29) is 5.54 Å². The molecule has 2 N–H and O–H groups in total.